The number of nitrogens with zero attached hydrogens (tertiary/aromatic N) is 3. The van der Waals surface area contributed by atoms with Gasteiger partial charge in [-0.3, -0.25) is 10.1 Å². The molecule has 0 bridgehead atoms. The summed E-state index contributed by atoms with van der Waals surface area (Å²) in [6, 6.07) is 13.5. The first-order valence-electron chi connectivity index (χ1n) is 10.7. The molecule has 0 aliphatic carbocycles. The lowest BCUT2D eigenvalue weighted by molar-refractivity contribution is 0.102. The molecule has 4 aromatic rings. The summed E-state index contributed by atoms with van der Waals surface area (Å²) < 4.78 is 20.4. The minimum Gasteiger partial charge on any atom is -0.453 e. The van der Waals surface area contributed by atoms with Crippen LogP contribution in [-0.4, -0.2) is 33.9 Å². The van der Waals surface area contributed by atoms with Crippen molar-refractivity contribution in [2.24, 2.45) is 0 Å². The topological polar surface area (TPSA) is 98.1 Å². The third-order valence-electron chi connectivity index (χ3n) is 5.29. The second-order valence-corrected chi connectivity index (χ2v) is 8.11. The highest BCUT2D eigenvalue weighted by atomic mass is 19.1. The van der Waals surface area contributed by atoms with E-state index in [-0.39, 0.29) is 11.7 Å². The smallest absolute Gasteiger partial charge is 0.411 e. The molecule has 0 aliphatic rings. The summed E-state index contributed by atoms with van der Waals surface area (Å²) in [5.74, 6) is -1.07. The molecule has 4 rings (SSSR count). The van der Waals surface area contributed by atoms with E-state index in [1.807, 2.05) is 45.0 Å². The molecular weight excluding hydrogens is 437 g/mol. The van der Waals surface area contributed by atoms with Crippen molar-refractivity contribution >= 4 is 34.4 Å². The molecule has 2 heterocycles. The molecule has 2 aromatic carbocycles. The van der Waals surface area contributed by atoms with Gasteiger partial charge in [-0.1, -0.05) is 29.8 Å². The molecule has 8 nitrogen and oxygen atoms in total. The molecule has 2 aromatic heterocycles. The lowest BCUT2D eigenvalue weighted by Crippen LogP contribution is -2.15. The monoisotopic (exact) mass is 461 g/mol. The second-order valence-electron chi connectivity index (χ2n) is 8.11. The fraction of sp³-hybridized carbons (Fsp3) is 0.200. The van der Waals surface area contributed by atoms with Crippen LogP contribution in [0.5, 0.6) is 0 Å². The van der Waals surface area contributed by atoms with Gasteiger partial charge in [-0.05, 0) is 45.0 Å². The molecule has 2 amide bonds. The number of halogens is 1. The van der Waals surface area contributed by atoms with Crippen molar-refractivity contribution in [3.63, 3.8) is 0 Å². The third kappa shape index (κ3) is 4.59. The van der Waals surface area contributed by atoms with Crippen molar-refractivity contribution in [2.45, 2.75) is 26.8 Å². The summed E-state index contributed by atoms with van der Waals surface area (Å²) in [5.41, 5.74) is 3.76. The highest BCUT2D eigenvalue weighted by molar-refractivity contribution is 6.12. The van der Waals surface area contributed by atoms with E-state index in [1.165, 1.54) is 19.2 Å². The normalized spacial score (nSPS) is 11.0. The van der Waals surface area contributed by atoms with E-state index in [1.54, 1.807) is 16.9 Å². The summed E-state index contributed by atoms with van der Waals surface area (Å²) in [6.45, 7) is 5.97. The number of hydrogen-bond acceptors (Lipinski definition) is 5. The van der Waals surface area contributed by atoms with Gasteiger partial charge in [0.2, 0.25) is 0 Å². The zero-order chi connectivity index (χ0) is 24.4. The summed E-state index contributed by atoms with van der Waals surface area (Å²) in [6.07, 6.45) is 0.799. The highest BCUT2D eigenvalue weighted by Gasteiger charge is 2.19. The van der Waals surface area contributed by atoms with Crippen LogP contribution >= 0.6 is 0 Å². The van der Waals surface area contributed by atoms with Gasteiger partial charge < -0.3 is 10.1 Å². The summed E-state index contributed by atoms with van der Waals surface area (Å²) in [4.78, 5) is 29.6. The van der Waals surface area contributed by atoms with E-state index in [0.29, 0.717) is 28.0 Å². The maximum absolute atomic E-state index is 14.1. The van der Waals surface area contributed by atoms with Gasteiger partial charge in [0.25, 0.3) is 5.91 Å². The van der Waals surface area contributed by atoms with Gasteiger partial charge in [0.05, 0.1) is 35.6 Å². The SMILES string of the molecule is COC(=O)Nc1cc(NC(=O)c2cc(-c3ccc(C)cc3)nc3c2cnn3C(C)C)ccc1F. The lowest BCUT2D eigenvalue weighted by Gasteiger charge is -2.12. The van der Waals surface area contributed by atoms with Crippen molar-refractivity contribution in [2.75, 3.05) is 17.7 Å². The van der Waals surface area contributed by atoms with Crippen molar-refractivity contribution in [1.29, 1.82) is 0 Å². The molecule has 0 saturated carbocycles. The largest absolute Gasteiger partial charge is 0.453 e. The van der Waals surface area contributed by atoms with Gasteiger partial charge in [-0.15, -0.1) is 0 Å². The second kappa shape index (κ2) is 9.30. The minimum absolute atomic E-state index is 0.0400. The Hall–Kier alpha value is -4.27. The van der Waals surface area contributed by atoms with Crippen LogP contribution < -0.4 is 10.6 Å². The number of methoxy groups -OCH3 is 1. The Bertz CT molecular complexity index is 1380. The Labute approximate surface area is 195 Å². The van der Waals surface area contributed by atoms with Crippen molar-refractivity contribution in [3.8, 4) is 11.3 Å². The first-order valence-corrected chi connectivity index (χ1v) is 10.7. The van der Waals surface area contributed by atoms with Crippen molar-refractivity contribution in [1.82, 2.24) is 14.8 Å². The van der Waals surface area contributed by atoms with Gasteiger partial charge in [-0.2, -0.15) is 5.10 Å². The fourth-order valence-electron chi connectivity index (χ4n) is 3.51. The predicted octanol–water partition coefficient (Wildman–Crippen LogP) is 5.56. The Kier molecular flexibility index (Phi) is 6.27. The number of carbonyl (C=O) groups excluding carboxylic acids is 2. The van der Waals surface area contributed by atoms with E-state index < -0.39 is 17.8 Å². The molecule has 0 atom stereocenters. The number of anilines is 2. The number of aromatic nitrogens is 3. The van der Waals surface area contributed by atoms with Gasteiger partial charge in [0.15, 0.2) is 5.65 Å². The number of benzene rings is 2. The number of fused-ring (bicyclic) bond motifs is 1. The quantitative estimate of drug-likeness (QED) is 0.406. The number of rotatable bonds is 5. The van der Waals surface area contributed by atoms with E-state index in [4.69, 9.17) is 4.98 Å². The van der Waals surface area contributed by atoms with Crippen LogP contribution in [0.1, 0.15) is 35.8 Å². The number of hydrogen-bond donors (Lipinski definition) is 2. The number of amides is 2. The van der Waals surface area contributed by atoms with Gasteiger partial charge in [0, 0.05) is 17.3 Å². The van der Waals surface area contributed by atoms with E-state index >= 15 is 0 Å². The standard InChI is InChI=1S/C25H24FN5O3/c1-14(2)31-23-19(13-27-31)18(12-21(29-23)16-7-5-15(3)6-8-16)24(32)28-17-9-10-20(26)22(11-17)30-25(33)34-4/h5-14H,1-4H3,(H,28,32)(H,30,33). The average molecular weight is 461 g/mol. The maximum atomic E-state index is 14.1. The molecule has 0 fully saturated rings. The highest BCUT2D eigenvalue weighted by Crippen LogP contribution is 2.28. The van der Waals surface area contributed by atoms with Crippen LogP contribution in [0.15, 0.2) is 54.7 Å². The van der Waals surface area contributed by atoms with Gasteiger partial charge in [-0.25, -0.2) is 18.9 Å². The third-order valence-corrected chi connectivity index (χ3v) is 5.29. The number of ether oxygens (including phenoxy) is 1. The maximum Gasteiger partial charge on any atom is 0.411 e. The Morgan fingerprint density at radius 2 is 1.79 bits per heavy atom. The summed E-state index contributed by atoms with van der Waals surface area (Å²) in [7, 11) is 1.18. The fourth-order valence-corrected chi connectivity index (χ4v) is 3.51. The Balaban J connectivity index is 1.76. The first-order chi connectivity index (χ1) is 16.3. The molecule has 174 valence electrons. The molecule has 9 heteroatoms. The molecule has 0 saturated heterocycles. The number of nitrogens with one attached hydrogen (secondary N) is 2. The number of pyridine rings is 1. The number of aryl methyl sites for hydroxylation is 1. The van der Waals surface area contributed by atoms with Crippen molar-refractivity contribution in [3.05, 3.63) is 71.7 Å². The van der Waals surface area contributed by atoms with E-state index in [0.717, 1.165) is 17.2 Å². The van der Waals surface area contributed by atoms with Crippen LogP contribution in [0.4, 0.5) is 20.6 Å². The molecule has 0 unspecified atom stereocenters. The van der Waals surface area contributed by atoms with Crippen molar-refractivity contribution < 1.29 is 18.7 Å². The van der Waals surface area contributed by atoms with Gasteiger partial charge in [0.1, 0.15) is 5.82 Å². The zero-order valence-corrected chi connectivity index (χ0v) is 19.2. The van der Waals surface area contributed by atoms with E-state index in [9.17, 15) is 14.0 Å². The first kappa shape index (κ1) is 22.9. The molecule has 0 spiro atoms. The number of carbonyl (C=O) groups is 2. The van der Waals surface area contributed by atoms with Gasteiger partial charge >= 0.3 is 6.09 Å². The molecule has 34 heavy (non-hydrogen) atoms. The van der Waals surface area contributed by atoms with Crippen LogP contribution in [-0.2, 0) is 4.74 Å². The Morgan fingerprint density at radius 1 is 1.06 bits per heavy atom. The van der Waals surface area contributed by atoms with E-state index in [2.05, 4.69) is 20.5 Å². The molecule has 0 radical (unpaired) electrons. The van der Waals surface area contributed by atoms with Crippen LogP contribution in [0, 0.1) is 12.7 Å². The minimum atomic E-state index is -0.818. The van der Waals surface area contributed by atoms with Crippen LogP contribution in [0.25, 0.3) is 22.3 Å². The predicted molar refractivity (Wildman–Crippen MR) is 128 cm³/mol. The lowest BCUT2D eigenvalue weighted by atomic mass is 10.0. The van der Waals surface area contributed by atoms with Crippen LogP contribution in [0.2, 0.25) is 0 Å². The average Bonchev–Trinajstić information content (AvgIpc) is 3.25. The molecular formula is C25H24FN5O3. The molecule has 2 N–H and O–H groups in total. The summed E-state index contributed by atoms with van der Waals surface area (Å²) in [5, 5.41) is 10.1. The van der Waals surface area contributed by atoms with Crippen LogP contribution in [0.3, 0.4) is 0 Å². The Morgan fingerprint density at radius 3 is 2.47 bits per heavy atom. The zero-order valence-electron chi connectivity index (χ0n) is 19.2. The molecule has 0 aliphatic heterocycles. The summed E-state index contributed by atoms with van der Waals surface area (Å²) >= 11 is 0.